The summed E-state index contributed by atoms with van der Waals surface area (Å²) in [6, 6.07) is 19.4. The van der Waals surface area contributed by atoms with Gasteiger partial charge in [0.15, 0.2) is 0 Å². The minimum absolute atomic E-state index is 0.278. The number of carbonyl (C=O) groups is 1. The van der Waals surface area contributed by atoms with Gasteiger partial charge in [0.25, 0.3) is 5.91 Å². The van der Waals surface area contributed by atoms with Crippen LogP contribution in [0.25, 0.3) is 22.2 Å². The summed E-state index contributed by atoms with van der Waals surface area (Å²) >= 11 is 0. The van der Waals surface area contributed by atoms with E-state index in [4.69, 9.17) is 4.98 Å². The van der Waals surface area contributed by atoms with Crippen molar-refractivity contribution in [3.63, 3.8) is 0 Å². The predicted molar refractivity (Wildman–Crippen MR) is 115 cm³/mol. The fourth-order valence-electron chi connectivity index (χ4n) is 3.20. The quantitative estimate of drug-likeness (QED) is 0.512. The first-order valence-electron chi connectivity index (χ1n) is 9.35. The molecule has 1 amide bonds. The van der Waals surface area contributed by atoms with Crippen LogP contribution < -0.4 is 10.9 Å². The highest BCUT2D eigenvalue weighted by Gasteiger charge is 2.14. The second kappa shape index (κ2) is 7.67. The Hall–Kier alpha value is -3.80. The molecule has 29 heavy (non-hydrogen) atoms. The van der Waals surface area contributed by atoms with Crippen LogP contribution in [0.3, 0.4) is 0 Å². The molecule has 2 heterocycles. The van der Waals surface area contributed by atoms with E-state index in [0.717, 1.165) is 33.5 Å². The minimum Gasteiger partial charge on any atom is -0.267 e. The number of carbonyl (C=O) groups excluding carboxylic acids is 1. The number of fused-ring (bicyclic) bond motifs is 1. The van der Waals surface area contributed by atoms with Crippen LogP contribution in [0.4, 0.5) is 5.95 Å². The molecule has 0 aliphatic carbocycles. The van der Waals surface area contributed by atoms with Gasteiger partial charge < -0.3 is 0 Å². The van der Waals surface area contributed by atoms with Crippen molar-refractivity contribution >= 4 is 22.8 Å². The van der Waals surface area contributed by atoms with Gasteiger partial charge in [0, 0.05) is 22.3 Å². The first-order chi connectivity index (χ1) is 14.0. The zero-order valence-electron chi connectivity index (χ0n) is 16.5. The van der Waals surface area contributed by atoms with Crippen LogP contribution in [-0.4, -0.2) is 20.9 Å². The summed E-state index contributed by atoms with van der Waals surface area (Å²) in [7, 11) is 0. The van der Waals surface area contributed by atoms with E-state index in [1.807, 2.05) is 81.4 Å². The van der Waals surface area contributed by atoms with Crippen molar-refractivity contribution in [2.45, 2.75) is 20.8 Å². The largest absolute Gasteiger partial charge is 0.270 e. The average molecular weight is 383 g/mol. The standard InChI is InChI=1S/C23H21N5O/c1-14-8-10-17(11-9-14)21-13-19(18-6-4-5-7-20(18)26-21)22(29)27-28-23-24-15(2)12-16(3)25-23/h4-13H,1-3H3,(H,27,29)(H,24,25,28). The predicted octanol–water partition coefficient (Wildman–Crippen LogP) is 4.37. The van der Waals surface area contributed by atoms with Crippen molar-refractivity contribution < 1.29 is 4.79 Å². The van der Waals surface area contributed by atoms with Crippen LogP contribution in [0.5, 0.6) is 0 Å². The van der Waals surface area contributed by atoms with Crippen LogP contribution >= 0.6 is 0 Å². The van der Waals surface area contributed by atoms with E-state index < -0.39 is 0 Å². The Bertz CT molecular complexity index is 1180. The molecule has 0 spiro atoms. The van der Waals surface area contributed by atoms with Crippen molar-refractivity contribution in [2.75, 3.05) is 5.43 Å². The van der Waals surface area contributed by atoms with Crippen LogP contribution in [-0.2, 0) is 0 Å². The topological polar surface area (TPSA) is 79.8 Å². The monoisotopic (exact) mass is 383 g/mol. The summed E-state index contributed by atoms with van der Waals surface area (Å²) in [6.07, 6.45) is 0. The summed E-state index contributed by atoms with van der Waals surface area (Å²) in [5, 5.41) is 0.781. The van der Waals surface area contributed by atoms with E-state index in [2.05, 4.69) is 20.8 Å². The van der Waals surface area contributed by atoms with Gasteiger partial charge in [-0.2, -0.15) is 0 Å². The number of hydrogen-bond donors (Lipinski definition) is 2. The number of aromatic nitrogens is 3. The second-order valence-corrected chi connectivity index (χ2v) is 6.99. The molecule has 0 unspecified atom stereocenters. The number of hydrazine groups is 1. The molecule has 0 fully saturated rings. The fraction of sp³-hybridized carbons (Fsp3) is 0.130. The van der Waals surface area contributed by atoms with E-state index in [0.29, 0.717) is 11.5 Å². The van der Waals surface area contributed by atoms with Crippen molar-refractivity contribution in [3.8, 4) is 11.3 Å². The smallest absolute Gasteiger partial charge is 0.267 e. The summed E-state index contributed by atoms with van der Waals surface area (Å²) in [6.45, 7) is 5.80. The van der Waals surface area contributed by atoms with Crippen LogP contribution in [0.1, 0.15) is 27.3 Å². The molecule has 2 aromatic heterocycles. The summed E-state index contributed by atoms with van der Waals surface area (Å²) in [5.41, 5.74) is 11.3. The van der Waals surface area contributed by atoms with Gasteiger partial charge in [-0.05, 0) is 39.0 Å². The third kappa shape index (κ3) is 4.06. The van der Waals surface area contributed by atoms with Gasteiger partial charge in [-0.3, -0.25) is 15.6 Å². The molecule has 0 saturated carbocycles. The third-order valence-corrected chi connectivity index (χ3v) is 4.58. The number of anilines is 1. The molecule has 0 radical (unpaired) electrons. The lowest BCUT2D eigenvalue weighted by molar-refractivity contribution is 0.0964. The number of rotatable bonds is 4. The molecule has 2 aromatic carbocycles. The Kier molecular flexibility index (Phi) is 4.91. The van der Waals surface area contributed by atoms with Gasteiger partial charge in [-0.25, -0.2) is 15.0 Å². The Morgan fingerprint density at radius 1 is 0.828 bits per heavy atom. The maximum absolute atomic E-state index is 13.0. The highest BCUT2D eigenvalue weighted by molar-refractivity contribution is 6.07. The minimum atomic E-state index is -0.278. The normalized spacial score (nSPS) is 10.7. The Morgan fingerprint density at radius 2 is 1.52 bits per heavy atom. The number of para-hydroxylation sites is 1. The molecule has 0 bridgehead atoms. The number of nitrogens with one attached hydrogen (secondary N) is 2. The van der Waals surface area contributed by atoms with Gasteiger partial charge in [-0.15, -0.1) is 0 Å². The molecular weight excluding hydrogens is 362 g/mol. The fourth-order valence-corrected chi connectivity index (χ4v) is 3.20. The number of amides is 1. The first-order valence-corrected chi connectivity index (χ1v) is 9.35. The molecular formula is C23H21N5O. The van der Waals surface area contributed by atoms with Crippen molar-refractivity contribution in [1.29, 1.82) is 0 Å². The van der Waals surface area contributed by atoms with Crippen molar-refractivity contribution in [2.24, 2.45) is 0 Å². The lowest BCUT2D eigenvalue weighted by Gasteiger charge is -2.12. The lowest BCUT2D eigenvalue weighted by atomic mass is 10.0. The van der Waals surface area contributed by atoms with E-state index in [1.165, 1.54) is 5.56 Å². The number of pyridine rings is 1. The molecule has 0 aliphatic rings. The molecule has 0 aliphatic heterocycles. The van der Waals surface area contributed by atoms with E-state index in [1.54, 1.807) is 0 Å². The second-order valence-electron chi connectivity index (χ2n) is 6.99. The van der Waals surface area contributed by atoms with Crippen LogP contribution in [0.15, 0.2) is 60.7 Å². The Morgan fingerprint density at radius 3 is 2.24 bits per heavy atom. The molecule has 2 N–H and O–H groups in total. The Balaban J connectivity index is 1.69. The number of hydrogen-bond acceptors (Lipinski definition) is 5. The highest BCUT2D eigenvalue weighted by atomic mass is 16.2. The van der Waals surface area contributed by atoms with Crippen LogP contribution in [0.2, 0.25) is 0 Å². The molecule has 4 rings (SSSR count). The van der Waals surface area contributed by atoms with Gasteiger partial charge >= 0.3 is 0 Å². The highest BCUT2D eigenvalue weighted by Crippen LogP contribution is 2.25. The molecule has 6 nitrogen and oxygen atoms in total. The van der Waals surface area contributed by atoms with Gasteiger partial charge in [0.1, 0.15) is 0 Å². The summed E-state index contributed by atoms with van der Waals surface area (Å²) in [5.74, 6) is 0.0766. The average Bonchev–Trinajstić information content (AvgIpc) is 2.71. The van der Waals surface area contributed by atoms with Crippen molar-refractivity contribution in [1.82, 2.24) is 20.4 Å². The molecule has 0 atom stereocenters. The number of benzene rings is 2. The molecule has 6 heteroatoms. The number of aryl methyl sites for hydroxylation is 3. The summed E-state index contributed by atoms with van der Waals surface area (Å²) in [4.78, 5) is 26.3. The SMILES string of the molecule is Cc1ccc(-c2cc(C(=O)NNc3nc(C)cc(C)n3)c3ccccc3n2)cc1. The summed E-state index contributed by atoms with van der Waals surface area (Å²) < 4.78 is 0. The third-order valence-electron chi connectivity index (χ3n) is 4.58. The zero-order valence-corrected chi connectivity index (χ0v) is 16.5. The lowest BCUT2D eigenvalue weighted by Crippen LogP contribution is -2.30. The van der Waals surface area contributed by atoms with Crippen molar-refractivity contribution in [3.05, 3.63) is 83.2 Å². The first kappa shape index (κ1) is 18.6. The molecule has 0 saturated heterocycles. The molecule has 144 valence electrons. The van der Waals surface area contributed by atoms with E-state index in [9.17, 15) is 4.79 Å². The van der Waals surface area contributed by atoms with Gasteiger partial charge in [0.05, 0.1) is 16.8 Å². The maximum Gasteiger partial charge on any atom is 0.270 e. The maximum atomic E-state index is 13.0. The van der Waals surface area contributed by atoms with E-state index in [-0.39, 0.29) is 5.91 Å². The zero-order chi connectivity index (χ0) is 20.4. The van der Waals surface area contributed by atoms with Gasteiger partial charge in [0.2, 0.25) is 5.95 Å². The van der Waals surface area contributed by atoms with Crippen LogP contribution in [0, 0.1) is 20.8 Å². The van der Waals surface area contributed by atoms with Gasteiger partial charge in [-0.1, -0.05) is 48.0 Å². The van der Waals surface area contributed by atoms with E-state index >= 15 is 0 Å². The molecule has 4 aromatic rings. The Labute approximate surface area is 169 Å². The number of nitrogens with zero attached hydrogens (tertiary/aromatic N) is 3.